The molecule has 3 heteroatoms. The van der Waals surface area contributed by atoms with Crippen molar-refractivity contribution < 1.29 is 9.90 Å². The molecule has 0 atom stereocenters. The van der Waals surface area contributed by atoms with Crippen molar-refractivity contribution in [1.82, 2.24) is 0 Å². The van der Waals surface area contributed by atoms with Crippen LogP contribution in [0.4, 0.5) is 5.69 Å². The maximum atomic E-state index is 10.8. The summed E-state index contributed by atoms with van der Waals surface area (Å²) >= 11 is 0. The van der Waals surface area contributed by atoms with Crippen LogP contribution in [0.3, 0.4) is 0 Å². The summed E-state index contributed by atoms with van der Waals surface area (Å²) in [7, 11) is 0. The van der Waals surface area contributed by atoms with Gasteiger partial charge in [0.25, 0.3) is 0 Å². The van der Waals surface area contributed by atoms with Crippen LogP contribution in [-0.2, 0) is 6.42 Å². The van der Waals surface area contributed by atoms with E-state index < -0.39 is 5.97 Å². The Kier molecular flexibility index (Phi) is 4.63. The lowest BCUT2D eigenvalue weighted by atomic mass is 9.95. The molecule has 2 aromatic rings. The van der Waals surface area contributed by atoms with E-state index in [1.807, 2.05) is 18.2 Å². The van der Waals surface area contributed by atoms with E-state index in [-0.39, 0.29) is 5.54 Å². The van der Waals surface area contributed by atoms with Gasteiger partial charge < -0.3 is 10.4 Å². The third-order valence-electron chi connectivity index (χ3n) is 3.50. The molecule has 2 aromatic carbocycles. The molecule has 2 rings (SSSR count). The van der Waals surface area contributed by atoms with E-state index in [4.69, 9.17) is 5.11 Å². The minimum absolute atomic E-state index is 0.0550. The Hall–Kier alpha value is -2.29. The fourth-order valence-electron chi connectivity index (χ4n) is 2.25. The third-order valence-corrected chi connectivity index (χ3v) is 3.50. The maximum absolute atomic E-state index is 10.8. The van der Waals surface area contributed by atoms with Gasteiger partial charge in [-0.3, -0.25) is 0 Å². The quantitative estimate of drug-likeness (QED) is 0.835. The van der Waals surface area contributed by atoms with Gasteiger partial charge in [-0.25, -0.2) is 4.79 Å². The van der Waals surface area contributed by atoms with Crippen LogP contribution in [0.1, 0.15) is 36.2 Å². The first-order chi connectivity index (χ1) is 9.96. The van der Waals surface area contributed by atoms with Crippen molar-refractivity contribution in [3.63, 3.8) is 0 Å². The lowest BCUT2D eigenvalue weighted by Gasteiger charge is -2.28. The molecule has 0 saturated carbocycles. The molecule has 0 bridgehead atoms. The van der Waals surface area contributed by atoms with Gasteiger partial charge in [-0.1, -0.05) is 30.3 Å². The topological polar surface area (TPSA) is 49.3 Å². The number of benzene rings is 2. The summed E-state index contributed by atoms with van der Waals surface area (Å²) in [5.41, 5.74) is 2.52. The summed E-state index contributed by atoms with van der Waals surface area (Å²) in [6.07, 6.45) is 2.01. The van der Waals surface area contributed by atoms with E-state index in [0.717, 1.165) is 18.5 Å². The maximum Gasteiger partial charge on any atom is 0.335 e. The number of carboxylic acid groups (broad SMARTS) is 1. The monoisotopic (exact) mass is 283 g/mol. The Morgan fingerprint density at radius 2 is 1.67 bits per heavy atom. The molecule has 0 heterocycles. The van der Waals surface area contributed by atoms with Gasteiger partial charge in [-0.15, -0.1) is 0 Å². The summed E-state index contributed by atoms with van der Waals surface area (Å²) < 4.78 is 0. The van der Waals surface area contributed by atoms with Gasteiger partial charge in [0.2, 0.25) is 0 Å². The fourth-order valence-corrected chi connectivity index (χ4v) is 2.25. The van der Waals surface area contributed by atoms with E-state index in [9.17, 15) is 4.79 Å². The number of hydrogen-bond acceptors (Lipinski definition) is 2. The largest absolute Gasteiger partial charge is 0.478 e. The van der Waals surface area contributed by atoms with E-state index in [1.165, 1.54) is 5.56 Å². The summed E-state index contributed by atoms with van der Waals surface area (Å²) in [5.74, 6) is -0.898. The van der Waals surface area contributed by atoms with Crippen LogP contribution in [-0.4, -0.2) is 16.6 Å². The first kappa shape index (κ1) is 15.1. The van der Waals surface area contributed by atoms with Crippen LogP contribution in [0.5, 0.6) is 0 Å². The van der Waals surface area contributed by atoms with Crippen LogP contribution >= 0.6 is 0 Å². The minimum atomic E-state index is -0.898. The molecule has 0 amide bonds. The molecule has 0 saturated heterocycles. The molecule has 0 aliphatic carbocycles. The van der Waals surface area contributed by atoms with Crippen LogP contribution < -0.4 is 5.32 Å². The highest BCUT2D eigenvalue weighted by Crippen LogP contribution is 2.20. The molecule has 2 N–H and O–H groups in total. The molecule has 21 heavy (non-hydrogen) atoms. The predicted molar refractivity (Wildman–Crippen MR) is 85.9 cm³/mol. The normalized spacial score (nSPS) is 11.1. The number of anilines is 1. The van der Waals surface area contributed by atoms with E-state index in [2.05, 4.69) is 43.4 Å². The van der Waals surface area contributed by atoms with Crippen LogP contribution in [0, 0.1) is 0 Å². The minimum Gasteiger partial charge on any atom is -0.478 e. The fraction of sp³-hybridized carbons (Fsp3) is 0.278. The lowest BCUT2D eigenvalue weighted by molar-refractivity contribution is 0.0697. The number of aryl methyl sites for hydroxylation is 1. The Bertz CT molecular complexity index is 588. The zero-order valence-corrected chi connectivity index (χ0v) is 12.5. The number of carbonyl (C=O) groups is 1. The van der Waals surface area contributed by atoms with Gasteiger partial charge in [-0.05, 0) is 56.5 Å². The molecular weight excluding hydrogens is 262 g/mol. The molecule has 0 fully saturated rings. The SMILES string of the molecule is CC(C)(CCc1ccccc1)Nc1ccc(C(=O)O)cc1. The summed E-state index contributed by atoms with van der Waals surface area (Å²) in [5, 5.41) is 12.4. The Balaban J connectivity index is 1.95. The molecule has 110 valence electrons. The van der Waals surface area contributed by atoms with Crippen LogP contribution in [0.2, 0.25) is 0 Å². The number of hydrogen-bond donors (Lipinski definition) is 2. The van der Waals surface area contributed by atoms with Crippen molar-refractivity contribution in [2.45, 2.75) is 32.2 Å². The lowest BCUT2D eigenvalue weighted by Crippen LogP contribution is -2.31. The number of rotatable bonds is 6. The van der Waals surface area contributed by atoms with Crippen molar-refractivity contribution in [1.29, 1.82) is 0 Å². The Labute approximate surface area is 125 Å². The highest BCUT2D eigenvalue weighted by molar-refractivity contribution is 5.88. The zero-order chi connectivity index (χ0) is 15.3. The molecular formula is C18H21NO2. The highest BCUT2D eigenvalue weighted by atomic mass is 16.4. The van der Waals surface area contributed by atoms with Gasteiger partial charge in [0.1, 0.15) is 0 Å². The van der Waals surface area contributed by atoms with Crippen molar-refractivity contribution in [3.8, 4) is 0 Å². The van der Waals surface area contributed by atoms with Crippen LogP contribution in [0.25, 0.3) is 0 Å². The van der Waals surface area contributed by atoms with Gasteiger partial charge in [-0.2, -0.15) is 0 Å². The first-order valence-corrected chi connectivity index (χ1v) is 7.12. The Morgan fingerprint density at radius 1 is 1.05 bits per heavy atom. The van der Waals surface area contributed by atoms with Gasteiger partial charge in [0.15, 0.2) is 0 Å². The number of nitrogens with one attached hydrogen (secondary N) is 1. The third kappa shape index (κ3) is 4.63. The zero-order valence-electron chi connectivity index (χ0n) is 12.5. The number of aromatic carboxylic acids is 1. The van der Waals surface area contributed by atoms with Crippen LogP contribution in [0.15, 0.2) is 54.6 Å². The second-order valence-corrected chi connectivity index (χ2v) is 5.88. The molecule has 0 aromatic heterocycles. The molecule has 0 aliphatic heterocycles. The van der Waals surface area contributed by atoms with Gasteiger partial charge in [0.05, 0.1) is 5.56 Å². The van der Waals surface area contributed by atoms with E-state index in [1.54, 1.807) is 12.1 Å². The first-order valence-electron chi connectivity index (χ1n) is 7.12. The Morgan fingerprint density at radius 3 is 2.24 bits per heavy atom. The summed E-state index contributed by atoms with van der Waals surface area (Å²) in [4.78, 5) is 10.8. The van der Waals surface area contributed by atoms with Crippen molar-refractivity contribution in [2.75, 3.05) is 5.32 Å². The molecule has 0 aliphatic rings. The van der Waals surface area contributed by atoms with Crippen molar-refractivity contribution in [3.05, 3.63) is 65.7 Å². The predicted octanol–water partition coefficient (Wildman–Crippen LogP) is 4.21. The second kappa shape index (κ2) is 6.44. The van der Waals surface area contributed by atoms with E-state index >= 15 is 0 Å². The molecule has 0 spiro atoms. The van der Waals surface area contributed by atoms with Gasteiger partial charge >= 0.3 is 5.97 Å². The second-order valence-electron chi connectivity index (χ2n) is 5.88. The average molecular weight is 283 g/mol. The molecule has 3 nitrogen and oxygen atoms in total. The standard InChI is InChI=1S/C18H21NO2/c1-18(2,13-12-14-6-4-3-5-7-14)19-16-10-8-15(9-11-16)17(20)21/h3-11,19H,12-13H2,1-2H3,(H,20,21). The van der Waals surface area contributed by atoms with Crippen molar-refractivity contribution >= 4 is 11.7 Å². The van der Waals surface area contributed by atoms with E-state index in [0.29, 0.717) is 5.56 Å². The summed E-state index contributed by atoms with van der Waals surface area (Å²) in [6.45, 7) is 4.31. The highest BCUT2D eigenvalue weighted by Gasteiger charge is 2.17. The molecule has 0 unspecified atom stereocenters. The average Bonchev–Trinajstić information content (AvgIpc) is 2.46. The van der Waals surface area contributed by atoms with Crippen molar-refractivity contribution in [2.24, 2.45) is 0 Å². The van der Waals surface area contributed by atoms with Gasteiger partial charge in [0, 0.05) is 11.2 Å². The summed E-state index contributed by atoms with van der Waals surface area (Å²) in [6, 6.07) is 17.3. The smallest absolute Gasteiger partial charge is 0.335 e. The number of carboxylic acids is 1. The molecule has 0 radical (unpaired) electrons.